The van der Waals surface area contributed by atoms with Crippen LogP contribution < -0.4 is 4.90 Å². The van der Waals surface area contributed by atoms with Crippen molar-refractivity contribution in [2.24, 2.45) is 11.8 Å². The Morgan fingerprint density at radius 2 is 2.14 bits per heavy atom. The van der Waals surface area contributed by atoms with Crippen LogP contribution in [-0.2, 0) is 20.9 Å². The Morgan fingerprint density at radius 3 is 2.86 bits per heavy atom. The van der Waals surface area contributed by atoms with E-state index in [9.17, 15) is 9.59 Å². The average Bonchev–Trinajstić information content (AvgIpc) is 3.46. The van der Waals surface area contributed by atoms with Gasteiger partial charge in [-0.15, -0.1) is 0 Å². The Bertz CT molecular complexity index is 1020. The summed E-state index contributed by atoms with van der Waals surface area (Å²) in [6, 6.07) is 7.73. The second-order valence-corrected chi connectivity index (χ2v) is 8.28. The molecule has 3 aliphatic rings. The number of carbonyl (C=O) groups excluding carboxylic acids is 2. The van der Waals surface area contributed by atoms with Crippen LogP contribution in [-0.4, -0.2) is 47.2 Å². The highest BCUT2D eigenvalue weighted by Gasteiger charge is 2.67. The predicted octanol–water partition coefficient (Wildman–Crippen LogP) is 2.24. The molecule has 3 aliphatic heterocycles. The van der Waals surface area contributed by atoms with Gasteiger partial charge in [0, 0.05) is 18.8 Å². The third-order valence-electron chi connectivity index (χ3n) is 6.45. The Labute approximate surface area is 168 Å². The minimum atomic E-state index is -0.727. The van der Waals surface area contributed by atoms with Crippen molar-refractivity contribution in [3.63, 3.8) is 0 Å². The van der Waals surface area contributed by atoms with E-state index in [2.05, 4.69) is 5.16 Å². The molecule has 0 radical (unpaired) electrons. The van der Waals surface area contributed by atoms with E-state index in [1.54, 1.807) is 22.9 Å². The van der Waals surface area contributed by atoms with Crippen LogP contribution in [0, 0.1) is 25.7 Å². The van der Waals surface area contributed by atoms with Gasteiger partial charge in [0.1, 0.15) is 17.6 Å². The molecule has 2 aromatic rings. The summed E-state index contributed by atoms with van der Waals surface area (Å²) >= 11 is 0. The van der Waals surface area contributed by atoms with Crippen molar-refractivity contribution in [2.75, 3.05) is 18.5 Å². The van der Waals surface area contributed by atoms with Crippen LogP contribution in [0.2, 0.25) is 0 Å². The van der Waals surface area contributed by atoms with E-state index >= 15 is 0 Å². The highest BCUT2D eigenvalue weighted by molar-refractivity contribution is 6.03. The minimum Gasteiger partial charge on any atom is -0.364 e. The second kappa shape index (κ2) is 6.29. The number of hydrogen-bond donors (Lipinski definition) is 0. The van der Waals surface area contributed by atoms with Crippen LogP contribution in [0.5, 0.6) is 0 Å². The molecule has 150 valence electrons. The van der Waals surface area contributed by atoms with Gasteiger partial charge in [0.15, 0.2) is 0 Å². The minimum absolute atomic E-state index is 0.0479. The number of anilines is 1. The summed E-state index contributed by atoms with van der Waals surface area (Å²) < 4.78 is 11.1. The fraction of sp³-hybridized carbons (Fsp3) is 0.409. The summed E-state index contributed by atoms with van der Waals surface area (Å²) in [6.07, 6.45) is 5.02. The first kappa shape index (κ1) is 18.1. The fourth-order valence-electron chi connectivity index (χ4n) is 4.79. The molecule has 4 atom stereocenters. The lowest BCUT2D eigenvalue weighted by molar-refractivity contribution is -0.139. The SMILES string of the molecule is Cc1ccc(N2C[C@]34C=C[C@H](O3)C(C(=O)N(C)Cc3ccon3)C4C2=O)cc1C. The normalized spacial score (nSPS) is 29.6. The first-order chi connectivity index (χ1) is 13.9. The van der Waals surface area contributed by atoms with Gasteiger partial charge in [-0.05, 0) is 37.1 Å². The van der Waals surface area contributed by atoms with Crippen LogP contribution in [0.1, 0.15) is 16.8 Å². The maximum Gasteiger partial charge on any atom is 0.234 e. The number of benzene rings is 1. The summed E-state index contributed by atoms with van der Waals surface area (Å²) in [5.74, 6) is -1.19. The van der Waals surface area contributed by atoms with Crippen LogP contribution in [0.15, 0.2) is 47.2 Å². The van der Waals surface area contributed by atoms with Crippen molar-refractivity contribution in [1.29, 1.82) is 0 Å². The van der Waals surface area contributed by atoms with Crippen molar-refractivity contribution in [2.45, 2.75) is 32.1 Å². The molecule has 0 saturated carbocycles. The molecule has 0 aliphatic carbocycles. The predicted molar refractivity (Wildman–Crippen MR) is 105 cm³/mol. The first-order valence-electron chi connectivity index (χ1n) is 9.80. The Balaban J connectivity index is 1.43. The van der Waals surface area contributed by atoms with Gasteiger partial charge in [-0.3, -0.25) is 9.59 Å². The molecule has 2 fully saturated rings. The lowest BCUT2D eigenvalue weighted by atomic mass is 9.76. The maximum absolute atomic E-state index is 13.4. The summed E-state index contributed by atoms with van der Waals surface area (Å²) in [5.41, 5.74) is 3.10. The van der Waals surface area contributed by atoms with E-state index in [0.717, 1.165) is 11.3 Å². The molecule has 1 aromatic carbocycles. The van der Waals surface area contributed by atoms with Gasteiger partial charge in [-0.1, -0.05) is 23.4 Å². The molecule has 2 amide bonds. The van der Waals surface area contributed by atoms with Crippen molar-refractivity contribution in [3.05, 3.63) is 59.5 Å². The van der Waals surface area contributed by atoms with E-state index < -0.39 is 17.4 Å². The molecule has 2 bridgehead atoms. The van der Waals surface area contributed by atoms with E-state index in [-0.39, 0.29) is 17.9 Å². The summed E-state index contributed by atoms with van der Waals surface area (Å²) in [5, 5.41) is 3.87. The lowest BCUT2D eigenvalue weighted by Crippen LogP contribution is -2.44. The Kier molecular flexibility index (Phi) is 3.93. The zero-order valence-corrected chi connectivity index (χ0v) is 16.7. The number of carbonyl (C=O) groups is 2. The topological polar surface area (TPSA) is 75.9 Å². The summed E-state index contributed by atoms with van der Waals surface area (Å²) in [6.45, 7) is 4.84. The number of aromatic nitrogens is 1. The van der Waals surface area contributed by atoms with Crippen LogP contribution in [0.3, 0.4) is 0 Å². The standard InChI is InChI=1S/C22H23N3O4/c1-13-4-5-16(10-14(13)2)25-12-22-8-6-17(29-22)18(19(22)21(25)27)20(26)24(3)11-15-7-9-28-23-15/h4-10,17-19H,11-12H2,1-3H3/t17-,18?,19?,22-/m0/s1. The number of amides is 2. The van der Waals surface area contributed by atoms with Gasteiger partial charge < -0.3 is 19.1 Å². The molecule has 2 saturated heterocycles. The third kappa shape index (κ3) is 2.64. The molecule has 2 unspecified atom stereocenters. The fourth-order valence-corrected chi connectivity index (χ4v) is 4.79. The zero-order valence-electron chi connectivity index (χ0n) is 16.7. The smallest absolute Gasteiger partial charge is 0.234 e. The van der Waals surface area contributed by atoms with Gasteiger partial charge in [0.2, 0.25) is 11.8 Å². The van der Waals surface area contributed by atoms with Crippen molar-refractivity contribution in [1.82, 2.24) is 10.1 Å². The zero-order chi connectivity index (χ0) is 20.3. The number of hydrogen-bond acceptors (Lipinski definition) is 5. The third-order valence-corrected chi connectivity index (χ3v) is 6.45. The van der Waals surface area contributed by atoms with E-state index in [1.165, 1.54) is 11.8 Å². The van der Waals surface area contributed by atoms with Crippen LogP contribution in [0.25, 0.3) is 0 Å². The van der Waals surface area contributed by atoms with Gasteiger partial charge in [0.05, 0.1) is 31.0 Å². The Morgan fingerprint density at radius 1 is 1.31 bits per heavy atom. The molecule has 29 heavy (non-hydrogen) atoms. The number of rotatable bonds is 4. The largest absolute Gasteiger partial charge is 0.364 e. The highest BCUT2D eigenvalue weighted by Crippen LogP contribution is 2.53. The van der Waals surface area contributed by atoms with Gasteiger partial charge in [-0.25, -0.2) is 0 Å². The molecule has 7 nitrogen and oxygen atoms in total. The molecule has 1 spiro atoms. The average molecular weight is 393 g/mol. The molecular weight excluding hydrogens is 370 g/mol. The Hall–Kier alpha value is -2.93. The quantitative estimate of drug-likeness (QED) is 0.745. The number of fused-ring (bicyclic) bond motifs is 1. The summed E-state index contributed by atoms with van der Waals surface area (Å²) in [7, 11) is 1.72. The number of aryl methyl sites for hydroxylation is 2. The van der Waals surface area contributed by atoms with E-state index in [0.29, 0.717) is 18.8 Å². The number of ether oxygens (including phenoxy) is 1. The molecule has 7 heteroatoms. The number of nitrogens with zero attached hydrogens (tertiary/aromatic N) is 3. The molecular formula is C22H23N3O4. The second-order valence-electron chi connectivity index (χ2n) is 8.28. The highest BCUT2D eigenvalue weighted by atomic mass is 16.5. The summed E-state index contributed by atoms with van der Waals surface area (Å²) in [4.78, 5) is 30.1. The van der Waals surface area contributed by atoms with Crippen LogP contribution >= 0.6 is 0 Å². The molecule has 1 aromatic heterocycles. The first-order valence-corrected chi connectivity index (χ1v) is 9.80. The molecule has 0 N–H and O–H groups in total. The van der Waals surface area contributed by atoms with Crippen LogP contribution in [0.4, 0.5) is 5.69 Å². The monoisotopic (exact) mass is 393 g/mol. The van der Waals surface area contributed by atoms with Gasteiger partial charge in [-0.2, -0.15) is 0 Å². The molecule has 4 heterocycles. The van der Waals surface area contributed by atoms with Gasteiger partial charge in [0.25, 0.3) is 0 Å². The van der Waals surface area contributed by atoms with Crippen molar-refractivity contribution in [3.8, 4) is 0 Å². The van der Waals surface area contributed by atoms with E-state index in [1.807, 2.05) is 44.2 Å². The van der Waals surface area contributed by atoms with Crippen molar-refractivity contribution >= 4 is 17.5 Å². The lowest BCUT2D eigenvalue weighted by Gasteiger charge is -2.27. The van der Waals surface area contributed by atoms with Gasteiger partial charge >= 0.3 is 0 Å². The molecule has 5 rings (SSSR count). The van der Waals surface area contributed by atoms with E-state index in [4.69, 9.17) is 9.26 Å². The van der Waals surface area contributed by atoms with Crippen molar-refractivity contribution < 1.29 is 18.8 Å². The maximum atomic E-state index is 13.4.